The van der Waals surface area contributed by atoms with Gasteiger partial charge in [-0.25, -0.2) is 4.79 Å². The number of nitrogens with zero attached hydrogens (tertiary/aromatic N) is 3. The van der Waals surface area contributed by atoms with Gasteiger partial charge in [0.25, 0.3) is 0 Å². The summed E-state index contributed by atoms with van der Waals surface area (Å²) < 4.78 is 0. The molecule has 2 aliphatic rings. The Morgan fingerprint density at radius 3 is 2.63 bits per heavy atom. The van der Waals surface area contributed by atoms with E-state index in [1.165, 1.54) is 43.6 Å². The van der Waals surface area contributed by atoms with Crippen molar-refractivity contribution >= 4 is 11.7 Å². The SMILES string of the molecule is CCCN1CCC[C@H](CNC(=O)N2CCN(c3ccccc3CC)CC2)C1. The molecule has 0 aliphatic carbocycles. The third-order valence-corrected chi connectivity index (χ3v) is 5.96. The van der Waals surface area contributed by atoms with Gasteiger partial charge in [-0.05, 0) is 56.3 Å². The molecule has 3 rings (SSSR count). The molecule has 5 heteroatoms. The molecule has 2 saturated heterocycles. The van der Waals surface area contributed by atoms with Crippen LogP contribution in [0.25, 0.3) is 0 Å². The molecule has 0 spiro atoms. The van der Waals surface area contributed by atoms with Gasteiger partial charge in [-0.2, -0.15) is 0 Å². The minimum atomic E-state index is 0.117. The van der Waals surface area contributed by atoms with Gasteiger partial charge in [-0.3, -0.25) is 0 Å². The predicted molar refractivity (Wildman–Crippen MR) is 112 cm³/mol. The topological polar surface area (TPSA) is 38.8 Å². The molecule has 5 nitrogen and oxygen atoms in total. The molecule has 0 saturated carbocycles. The Bertz CT molecular complexity index is 596. The highest BCUT2D eigenvalue weighted by Gasteiger charge is 2.24. The van der Waals surface area contributed by atoms with Crippen molar-refractivity contribution < 1.29 is 4.79 Å². The molecule has 2 heterocycles. The van der Waals surface area contributed by atoms with Crippen molar-refractivity contribution in [3.05, 3.63) is 29.8 Å². The molecule has 0 bridgehead atoms. The van der Waals surface area contributed by atoms with Crippen LogP contribution >= 0.6 is 0 Å². The number of aryl methyl sites for hydroxylation is 1. The summed E-state index contributed by atoms with van der Waals surface area (Å²) in [6, 6.07) is 8.75. The second-order valence-corrected chi connectivity index (χ2v) is 7.95. The third kappa shape index (κ3) is 5.38. The lowest BCUT2D eigenvalue weighted by molar-refractivity contribution is 0.164. The van der Waals surface area contributed by atoms with Gasteiger partial charge in [0.1, 0.15) is 0 Å². The lowest BCUT2D eigenvalue weighted by atomic mass is 9.98. The summed E-state index contributed by atoms with van der Waals surface area (Å²) in [4.78, 5) is 19.5. The predicted octanol–water partition coefficient (Wildman–Crippen LogP) is 3.20. The quantitative estimate of drug-likeness (QED) is 0.833. The maximum Gasteiger partial charge on any atom is 0.317 e. The van der Waals surface area contributed by atoms with Crippen LogP contribution in [-0.4, -0.2) is 68.2 Å². The van der Waals surface area contributed by atoms with E-state index in [-0.39, 0.29) is 6.03 Å². The highest BCUT2D eigenvalue weighted by Crippen LogP contribution is 2.22. The number of urea groups is 1. The third-order valence-electron chi connectivity index (χ3n) is 5.96. The number of hydrogen-bond acceptors (Lipinski definition) is 3. The van der Waals surface area contributed by atoms with E-state index in [1.54, 1.807) is 0 Å². The molecule has 1 aromatic rings. The summed E-state index contributed by atoms with van der Waals surface area (Å²) in [5.41, 5.74) is 2.72. The van der Waals surface area contributed by atoms with Crippen LogP contribution in [0.1, 0.15) is 38.7 Å². The maximum absolute atomic E-state index is 12.6. The average molecular weight is 373 g/mol. The molecule has 1 aromatic carbocycles. The van der Waals surface area contributed by atoms with Gasteiger partial charge in [0.05, 0.1) is 0 Å². The number of para-hydroxylation sites is 1. The maximum atomic E-state index is 12.6. The number of piperidine rings is 1. The monoisotopic (exact) mass is 372 g/mol. The van der Waals surface area contributed by atoms with Crippen molar-refractivity contribution in [2.75, 3.05) is 57.3 Å². The minimum Gasteiger partial charge on any atom is -0.368 e. The van der Waals surface area contributed by atoms with Crippen LogP contribution in [0.15, 0.2) is 24.3 Å². The summed E-state index contributed by atoms with van der Waals surface area (Å²) in [6.45, 7) is 12.2. The van der Waals surface area contributed by atoms with E-state index in [0.29, 0.717) is 5.92 Å². The fourth-order valence-corrected chi connectivity index (χ4v) is 4.45. The first-order chi connectivity index (χ1) is 13.2. The molecule has 1 atom stereocenters. The average Bonchev–Trinajstić information content (AvgIpc) is 2.72. The van der Waals surface area contributed by atoms with Crippen molar-refractivity contribution in [3.63, 3.8) is 0 Å². The van der Waals surface area contributed by atoms with Crippen LogP contribution in [0.2, 0.25) is 0 Å². The van der Waals surface area contributed by atoms with E-state index in [2.05, 4.69) is 53.2 Å². The van der Waals surface area contributed by atoms with E-state index in [4.69, 9.17) is 0 Å². The molecular formula is C22H36N4O. The molecule has 0 radical (unpaired) electrons. The molecule has 0 unspecified atom stereocenters. The number of amides is 2. The van der Waals surface area contributed by atoms with E-state index in [0.717, 1.165) is 45.7 Å². The number of piperazine rings is 1. The normalized spacial score (nSPS) is 21.3. The Balaban J connectivity index is 1.43. The highest BCUT2D eigenvalue weighted by molar-refractivity contribution is 5.74. The Kier molecular flexibility index (Phi) is 7.39. The largest absolute Gasteiger partial charge is 0.368 e. The number of anilines is 1. The number of benzene rings is 1. The van der Waals surface area contributed by atoms with Gasteiger partial charge < -0.3 is 20.0 Å². The van der Waals surface area contributed by atoms with Crippen molar-refractivity contribution in [1.29, 1.82) is 0 Å². The lowest BCUT2D eigenvalue weighted by Gasteiger charge is -2.37. The Labute approximate surface area is 164 Å². The smallest absolute Gasteiger partial charge is 0.317 e. The van der Waals surface area contributed by atoms with Crippen molar-refractivity contribution in [2.24, 2.45) is 5.92 Å². The highest BCUT2D eigenvalue weighted by atomic mass is 16.2. The number of carbonyl (C=O) groups is 1. The van der Waals surface area contributed by atoms with Gasteiger partial charge in [0.15, 0.2) is 0 Å². The fourth-order valence-electron chi connectivity index (χ4n) is 4.45. The minimum absolute atomic E-state index is 0.117. The second kappa shape index (κ2) is 9.98. The molecule has 2 amide bonds. The van der Waals surface area contributed by atoms with Crippen molar-refractivity contribution in [3.8, 4) is 0 Å². The molecule has 2 fully saturated rings. The first-order valence-corrected chi connectivity index (χ1v) is 10.8. The van der Waals surface area contributed by atoms with E-state index >= 15 is 0 Å². The molecule has 27 heavy (non-hydrogen) atoms. The van der Waals surface area contributed by atoms with Crippen LogP contribution in [-0.2, 0) is 6.42 Å². The standard InChI is InChI=1S/C22H36N4O/c1-3-11-24-12-7-8-19(18-24)17-23-22(27)26-15-13-25(14-16-26)21-10-6-5-9-20(21)4-2/h5-6,9-10,19H,3-4,7-8,11-18H2,1-2H3,(H,23,27)/t19-/m1/s1. The van der Waals surface area contributed by atoms with E-state index < -0.39 is 0 Å². The number of nitrogens with one attached hydrogen (secondary N) is 1. The zero-order chi connectivity index (χ0) is 19.1. The number of hydrogen-bond donors (Lipinski definition) is 1. The van der Waals surface area contributed by atoms with Gasteiger partial charge in [0.2, 0.25) is 0 Å². The van der Waals surface area contributed by atoms with E-state index in [9.17, 15) is 4.79 Å². The van der Waals surface area contributed by atoms with Gasteiger partial charge in [-0.15, -0.1) is 0 Å². The Hall–Kier alpha value is -1.75. The Morgan fingerprint density at radius 1 is 1.11 bits per heavy atom. The first kappa shape index (κ1) is 20.0. The van der Waals surface area contributed by atoms with Crippen molar-refractivity contribution in [1.82, 2.24) is 15.1 Å². The van der Waals surface area contributed by atoms with Gasteiger partial charge >= 0.3 is 6.03 Å². The summed E-state index contributed by atoms with van der Waals surface area (Å²) >= 11 is 0. The van der Waals surface area contributed by atoms with E-state index in [1.807, 2.05) is 4.90 Å². The second-order valence-electron chi connectivity index (χ2n) is 7.95. The fraction of sp³-hybridized carbons (Fsp3) is 0.682. The first-order valence-electron chi connectivity index (χ1n) is 10.8. The Morgan fingerprint density at radius 2 is 1.89 bits per heavy atom. The molecule has 150 valence electrons. The van der Waals surface area contributed by atoms with Crippen LogP contribution in [0.5, 0.6) is 0 Å². The van der Waals surface area contributed by atoms with Crippen LogP contribution in [0.3, 0.4) is 0 Å². The van der Waals surface area contributed by atoms with Crippen molar-refractivity contribution in [2.45, 2.75) is 39.5 Å². The summed E-state index contributed by atoms with van der Waals surface area (Å²) in [7, 11) is 0. The molecule has 1 N–H and O–H groups in total. The van der Waals surface area contributed by atoms with Crippen LogP contribution in [0, 0.1) is 5.92 Å². The molecular weight excluding hydrogens is 336 g/mol. The number of rotatable bonds is 6. The summed E-state index contributed by atoms with van der Waals surface area (Å²) in [5, 5.41) is 3.20. The molecule has 0 aromatic heterocycles. The lowest BCUT2D eigenvalue weighted by Crippen LogP contribution is -2.53. The molecule has 2 aliphatic heterocycles. The van der Waals surface area contributed by atoms with Crippen LogP contribution < -0.4 is 10.2 Å². The summed E-state index contributed by atoms with van der Waals surface area (Å²) in [5.74, 6) is 0.604. The number of carbonyl (C=O) groups excluding carboxylic acids is 1. The van der Waals surface area contributed by atoms with Gasteiger partial charge in [-0.1, -0.05) is 32.0 Å². The number of likely N-dealkylation sites (tertiary alicyclic amines) is 1. The zero-order valence-electron chi connectivity index (χ0n) is 17.1. The summed E-state index contributed by atoms with van der Waals surface area (Å²) in [6.07, 6.45) is 4.76. The van der Waals surface area contributed by atoms with Crippen LogP contribution in [0.4, 0.5) is 10.5 Å². The van der Waals surface area contributed by atoms with Gasteiger partial charge in [0, 0.05) is 45.0 Å². The zero-order valence-corrected chi connectivity index (χ0v) is 17.1.